The van der Waals surface area contributed by atoms with E-state index in [0.717, 1.165) is 59.8 Å². The van der Waals surface area contributed by atoms with Crippen molar-refractivity contribution in [2.45, 2.75) is 26.8 Å². The number of anilines is 1. The molecule has 9 heteroatoms. The normalized spacial score (nSPS) is 14.2. The predicted octanol–water partition coefficient (Wildman–Crippen LogP) is 3.88. The first-order valence-corrected chi connectivity index (χ1v) is 12.1. The molecule has 1 fully saturated rings. The number of carbonyl (C=O) groups excluding carboxylic acids is 1. The molecule has 0 spiro atoms. The Morgan fingerprint density at radius 3 is 2.80 bits per heavy atom. The second-order valence-corrected chi connectivity index (χ2v) is 8.69. The lowest BCUT2D eigenvalue weighted by Crippen LogP contribution is -2.41. The number of ether oxygens (including phenoxy) is 1. The molecule has 0 unspecified atom stereocenters. The Morgan fingerprint density at radius 2 is 2.00 bits per heavy atom. The van der Waals surface area contributed by atoms with Crippen LogP contribution in [0.1, 0.15) is 24.9 Å². The molecule has 2 amide bonds. The third-order valence-electron chi connectivity index (χ3n) is 6.26. The Bertz CT molecular complexity index is 1280. The minimum absolute atomic E-state index is 0.0302. The van der Waals surface area contributed by atoms with Gasteiger partial charge in [-0.15, -0.1) is 0 Å². The minimum Gasteiger partial charge on any atom is -0.492 e. The van der Waals surface area contributed by atoms with Crippen LogP contribution in [0.3, 0.4) is 0 Å². The highest BCUT2D eigenvalue weighted by Gasteiger charge is 2.20. The van der Waals surface area contributed by atoms with Crippen LogP contribution in [0.2, 0.25) is 0 Å². The molecular formula is C26H31N7O2. The van der Waals surface area contributed by atoms with Gasteiger partial charge in [-0.25, -0.2) is 14.5 Å². The number of H-pyrrole nitrogens is 1. The van der Waals surface area contributed by atoms with Crippen LogP contribution < -0.4 is 15.0 Å². The molecule has 3 heterocycles. The van der Waals surface area contributed by atoms with Gasteiger partial charge in [0.2, 0.25) is 0 Å². The van der Waals surface area contributed by atoms with Gasteiger partial charge in [-0.05, 0) is 49.9 Å². The number of nitrogens with zero attached hydrogens (tertiary/aromatic N) is 5. The van der Waals surface area contributed by atoms with E-state index in [0.29, 0.717) is 25.5 Å². The molecule has 0 bridgehead atoms. The summed E-state index contributed by atoms with van der Waals surface area (Å²) in [5, 5.41) is 8.64. The van der Waals surface area contributed by atoms with E-state index in [-0.39, 0.29) is 6.03 Å². The van der Waals surface area contributed by atoms with Crippen molar-refractivity contribution in [1.82, 2.24) is 30.0 Å². The molecule has 1 aliphatic heterocycles. The van der Waals surface area contributed by atoms with E-state index >= 15 is 0 Å². The summed E-state index contributed by atoms with van der Waals surface area (Å²) in [6, 6.07) is 16.3. The Balaban J connectivity index is 1.22. The molecular weight excluding hydrogens is 442 g/mol. The average molecular weight is 474 g/mol. The van der Waals surface area contributed by atoms with Crippen LogP contribution in [0.15, 0.2) is 54.9 Å². The van der Waals surface area contributed by atoms with Gasteiger partial charge in [-0.2, -0.15) is 5.10 Å². The van der Waals surface area contributed by atoms with Crippen LogP contribution in [0.5, 0.6) is 5.75 Å². The number of aromatic amines is 1. The fourth-order valence-corrected chi connectivity index (χ4v) is 4.51. The van der Waals surface area contributed by atoms with E-state index in [2.05, 4.69) is 49.5 Å². The van der Waals surface area contributed by atoms with Crippen molar-refractivity contribution in [2.75, 3.05) is 37.7 Å². The molecule has 0 atom stereocenters. The second kappa shape index (κ2) is 10.1. The maximum absolute atomic E-state index is 12.9. The molecule has 182 valence electrons. The van der Waals surface area contributed by atoms with Crippen molar-refractivity contribution in [3.63, 3.8) is 0 Å². The highest BCUT2D eigenvalue weighted by atomic mass is 16.5. The smallest absolute Gasteiger partial charge is 0.317 e. The van der Waals surface area contributed by atoms with Crippen molar-refractivity contribution < 1.29 is 9.53 Å². The third kappa shape index (κ3) is 5.08. The number of hydrogen-bond acceptors (Lipinski definition) is 5. The first kappa shape index (κ1) is 22.8. The monoisotopic (exact) mass is 473 g/mol. The summed E-state index contributed by atoms with van der Waals surface area (Å²) >= 11 is 0. The maximum Gasteiger partial charge on any atom is 0.317 e. The molecule has 1 saturated heterocycles. The van der Waals surface area contributed by atoms with Gasteiger partial charge >= 0.3 is 6.03 Å². The van der Waals surface area contributed by atoms with Crippen molar-refractivity contribution in [2.24, 2.45) is 0 Å². The number of benzene rings is 2. The fourth-order valence-electron chi connectivity index (χ4n) is 4.51. The summed E-state index contributed by atoms with van der Waals surface area (Å²) in [5.74, 6) is 1.49. The van der Waals surface area contributed by atoms with Gasteiger partial charge < -0.3 is 24.8 Å². The molecule has 9 nitrogen and oxygen atoms in total. The zero-order valence-electron chi connectivity index (χ0n) is 20.2. The lowest BCUT2D eigenvalue weighted by atomic mass is 10.2. The van der Waals surface area contributed by atoms with Gasteiger partial charge in [-0.1, -0.05) is 18.2 Å². The molecule has 4 aromatic rings. The third-order valence-corrected chi connectivity index (χ3v) is 6.26. The largest absolute Gasteiger partial charge is 0.492 e. The molecule has 35 heavy (non-hydrogen) atoms. The number of hydrogen-bond donors (Lipinski definition) is 2. The summed E-state index contributed by atoms with van der Waals surface area (Å²) in [6.45, 7) is 7.90. The number of nitrogens with one attached hydrogen (secondary N) is 2. The number of para-hydroxylation sites is 1. The zero-order chi connectivity index (χ0) is 24.2. The quantitative estimate of drug-likeness (QED) is 0.444. The Labute approximate surface area is 204 Å². The number of carbonyl (C=O) groups is 1. The van der Waals surface area contributed by atoms with Crippen LogP contribution in [0.4, 0.5) is 10.5 Å². The molecule has 0 saturated carbocycles. The van der Waals surface area contributed by atoms with E-state index in [9.17, 15) is 4.79 Å². The standard InChI is InChI=1S/C26H31N7O2/c1-3-35-25-16-22(9-10-24(25)33-18-28-19(2)30-33)31-11-6-12-32(14-13-31)26(34)27-17-21-15-20-7-4-5-8-23(20)29-21/h4-5,7-10,15-16,18,29H,3,6,11-14,17H2,1-2H3,(H,27,34). The average Bonchev–Trinajstić information content (AvgIpc) is 3.40. The number of aromatic nitrogens is 4. The number of urea groups is 1. The molecule has 1 aliphatic rings. The molecule has 2 N–H and O–H groups in total. The van der Waals surface area contributed by atoms with Gasteiger partial charge in [0.15, 0.2) is 0 Å². The van der Waals surface area contributed by atoms with Crippen LogP contribution in [0.25, 0.3) is 16.6 Å². The topological polar surface area (TPSA) is 91.3 Å². The highest BCUT2D eigenvalue weighted by Crippen LogP contribution is 2.29. The van der Waals surface area contributed by atoms with Crippen LogP contribution in [-0.4, -0.2) is 63.5 Å². The first-order chi connectivity index (χ1) is 17.1. The lowest BCUT2D eigenvalue weighted by Gasteiger charge is -2.25. The van der Waals surface area contributed by atoms with Crippen LogP contribution in [-0.2, 0) is 6.54 Å². The van der Waals surface area contributed by atoms with Gasteiger partial charge in [0, 0.05) is 49.1 Å². The molecule has 2 aromatic heterocycles. The summed E-state index contributed by atoms with van der Waals surface area (Å²) < 4.78 is 7.67. The molecule has 0 radical (unpaired) electrons. The van der Waals surface area contributed by atoms with Gasteiger partial charge in [0.05, 0.1) is 13.2 Å². The number of fused-ring (bicyclic) bond motifs is 1. The Kier molecular flexibility index (Phi) is 6.56. The summed E-state index contributed by atoms with van der Waals surface area (Å²) in [5.41, 5.74) is 4.03. The van der Waals surface area contributed by atoms with Gasteiger partial charge in [0.1, 0.15) is 23.6 Å². The summed E-state index contributed by atoms with van der Waals surface area (Å²) in [6.07, 6.45) is 2.60. The van der Waals surface area contributed by atoms with E-state index in [1.807, 2.05) is 43.0 Å². The molecule has 2 aromatic carbocycles. The number of rotatable bonds is 6. The van der Waals surface area contributed by atoms with Crippen LogP contribution in [0, 0.1) is 6.92 Å². The SMILES string of the molecule is CCOc1cc(N2CCCN(C(=O)NCc3cc4ccccc4[nH]3)CC2)ccc1-n1cnc(C)n1. The minimum atomic E-state index is -0.0302. The van der Waals surface area contributed by atoms with E-state index < -0.39 is 0 Å². The summed E-state index contributed by atoms with van der Waals surface area (Å²) in [4.78, 5) is 24.7. The fraction of sp³-hybridized carbons (Fsp3) is 0.346. The highest BCUT2D eigenvalue weighted by molar-refractivity contribution is 5.80. The van der Waals surface area contributed by atoms with Crippen molar-refractivity contribution >= 4 is 22.6 Å². The Morgan fingerprint density at radius 1 is 1.11 bits per heavy atom. The number of aryl methyl sites for hydroxylation is 1. The zero-order valence-corrected chi connectivity index (χ0v) is 20.2. The van der Waals surface area contributed by atoms with Crippen LogP contribution >= 0.6 is 0 Å². The summed E-state index contributed by atoms with van der Waals surface area (Å²) in [7, 11) is 0. The van der Waals surface area contributed by atoms with E-state index in [4.69, 9.17) is 4.74 Å². The first-order valence-electron chi connectivity index (χ1n) is 12.1. The van der Waals surface area contributed by atoms with Crippen molar-refractivity contribution in [3.8, 4) is 11.4 Å². The van der Waals surface area contributed by atoms with Crippen molar-refractivity contribution in [3.05, 3.63) is 66.4 Å². The second-order valence-electron chi connectivity index (χ2n) is 8.69. The molecule has 0 aliphatic carbocycles. The molecule has 5 rings (SSSR count). The van der Waals surface area contributed by atoms with Gasteiger partial charge in [0.25, 0.3) is 0 Å². The van der Waals surface area contributed by atoms with Gasteiger partial charge in [-0.3, -0.25) is 0 Å². The van der Waals surface area contributed by atoms with Crippen molar-refractivity contribution in [1.29, 1.82) is 0 Å². The Hall–Kier alpha value is -4.01. The lowest BCUT2D eigenvalue weighted by molar-refractivity contribution is 0.201. The van der Waals surface area contributed by atoms with E-state index in [1.165, 1.54) is 0 Å². The predicted molar refractivity (Wildman–Crippen MR) is 136 cm³/mol. The maximum atomic E-state index is 12.9. The van der Waals surface area contributed by atoms with E-state index in [1.54, 1.807) is 11.0 Å². The number of amides is 2.